The quantitative estimate of drug-likeness (QED) is 0.559. The van der Waals surface area contributed by atoms with Gasteiger partial charge in [-0.05, 0) is 38.1 Å². The zero-order chi connectivity index (χ0) is 18.7. The third-order valence-corrected chi connectivity index (χ3v) is 4.34. The van der Waals surface area contributed by atoms with Crippen molar-refractivity contribution in [3.63, 3.8) is 0 Å². The van der Waals surface area contributed by atoms with E-state index in [1.807, 2.05) is 24.5 Å². The molecular formula is C19H21NO6. The van der Waals surface area contributed by atoms with Gasteiger partial charge in [0.05, 0.1) is 12.2 Å². The number of fused-ring (bicyclic) bond motifs is 1. The molecule has 0 radical (unpaired) electrons. The second kappa shape index (κ2) is 7.61. The Kier molecular flexibility index (Phi) is 5.27. The summed E-state index contributed by atoms with van der Waals surface area (Å²) in [7, 11) is 1.63. The van der Waals surface area contributed by atoms with Gasteiger partial charge in [-0.25, -0.2) is 4.79 Å². The number of aromatic nitrogens is 1. The fourth-order valence-electron chi connectivity index (χ4n) is 2.93. The molecule has 0 saturated carbocycles. The van der Waals surface area contributed by atoms with Gasteiger partial charge < -0.3 is 23.5 Å². The van der Waals surface area contributed by atoms with Gasteiger partial charge in [-0.3, -0.25) is 4.79 Å². The van der Waals surface area contributed by atoms with E-state index < -0.39 is 5.97 Å². The zero-order valence-corrected chi connectivity index (χ0v) is 15.0. The normalized spacial score (nSPS) is 12.3. The number of benzene rings is 1. The topological polar surface area (TPSA) is 76.0 Å². The number of Topliss-reactive ketones (excluding diaryl/α,β-unsaturated/α-hetero) is 1. The summed E-state index contributed by atoms with van der Waals surface area (Å²) in [6.07, 6.45) is 0. The van der Waals surface area contributed by atoms with Crippen molar-refractivity contribution in [2.24, 2.45) is 0 Å². The molecule has 1 aliphatic rings. The van der Waals surface area contributed by atoms with Crippen LogP contribution in [0.1, 0.15) is 32.1 Å². The highest BCUT2D eigenvalue weighted by molar-refractivity contribution is 6.00. The summed E-state index contributed by atoms with van der Waals surface area (Å²) in [4.78, 5) is 24.6. The fourth-order valence-corrected chi connectivity index (χ4v) is 2.93. The molecule has 0 bridgehead atoms. The van der Waals surface area contributed by atoms with Crippen LogP contribution in [0.3, 0.4) is 0 Å². The van der Waals surface area contributed by atoms with Gasteiger partial charge in [0.1, 0.15) is 0 Å². The Balaban J connectivity index is 1.64. The number of ether oxygens (including phenoxy) is 4. The predicted octanol–water partition coefficient (Wildman–Crippen LogP) is 2.52. The van der Waals surface area contributed by atoms with Crippen LogP contribution >= 0.6 is 0 Å². The second-order valence-corrected chi connectivity index (χ2v) is 6.00. The molecule has 0 atom stereocenters. The van der Waals surface area contributed by atoms with Gasteiger partial charge in [0.15, 0.2) is 18.1 Å². The van der Waals surface area contributed by atoms with E-state index in [4.69, 9.17) is 18.9 Å². The van der Waals surface area contributed by atoms with Gasteiger partial charge in [-0.2, -0.15) is 0 Å². The molecular weight excluding hydrogens is 338 g/mol. The molecule has 1 aromatic heterocycles. The predicted molar refractivity (Wildman–Crippen MR) is 93.0 cm³/mol. The van der Waals surface area contributed by atoms with Crippen molar-refractivity contribution in [1.29, 1.82) is 0 Å². The van der Waals surface area contributed by atoms with Gasteiger partial charge in [0.25, 0.3) is 0 Å². The van der Waals surface area contributed by atoms with Crippen LogP contribution in [0.4, 0.5) is 0 Å². The molecule has 2 aromatic rings. The van der Waals surface area contributed by atoms with E-state index in [9.17, 15) is 9.59 Å². The van der Waals surface area contributed by atoms with E-state index in [0.717, 1.165) is 11.4 Å². The minimum Gasteiger partial charge on any atom is -0.454 e. The Morgan fingerprint density at radius 3 is 2.69 bits per heavy atom. The minimum atomic E-state index is -0.579. The van der Waals surface area contributed by atoms with Gasteiger partial charge in [0, 0.05) is 30.6 Å². The number of ketones is 1. The molecule has 2 heterocycles. The van der Waals surface area contributed by atoms with Crippen LogP contribution in [-0.2, 0) is 16.0 Å². The first-order valence-electron chi connectivity index (χ1n) is 8.27. The third kappa shape index (κ3) is 3.57. The highest BCUT2D eigenvalue weighted by atomic mass is 16.7. The van der Waals surface area contributed by atoms with E-state index in [1.165, 1.54) is 0 Å². The number of carbonyl (C=O) groups is 2. The molecule has 26 heavy (non-hydrogen) atoms. The largest absolute Gasteiger partial charge is 0.454 e. The van der Waals surface area contributed by atoms with Crippen LogP contribution in [0.15, 0.2) is 24.3 Å². The van der Waals surface area contributed by atoms with Crippen molar-refractivity contribution in [1.82, 2.24) is 4.57 Å². The first kappa shape index (κ1) is 18.0. The standard InChI is InChI=1S/C19H21NO6/c1-12-8-15(13(2)20(12)6-7-23-3)16(21)10-24-19(22)14-4-5-17-18(9-14)26-11-25-17/h4-5,8-9H,6-7,10-11H2,1-3H3. The lowest BCUT2D eigenvalue weighted by Gasteiger charge is -2.09. The monoisotopic (exact) mass is 359 g/mol. The Bertz CT molecular complexity index is 839. The molecule has 0 aliphatic carbocycles. The van der Waals surface area contributed by atoms with Crippen LogP contribution in [0, 0.1) is 13.8 Å². The van der Waals surface area contributed by atoms with Crippen molar-refractivity contribution in [2.75, 3.05) is 27.1 Å². The van der Waals surface area contributed by atoms with Crippen molar-refractivity contribution in [3.8, 4) is 11.5 Å². The molecule has 3 rings (SSSR count). The number of hydrogen-bond acceptors (Lipinski definition) is 6. The average molecular weight is 359 g/mol. The first-order valence-corrected chi connectivity index (χ1v) is 8.27. The minimum absolute atomic E-state index is 0.130. The summed E-state index contributed by atoms with van der Waals surface area (Å²) < 4.78 is 22.7. The highest BCUT2D eigenvalue weighted by Gasteiger charge is 2.20. The number of hydrogen-bond donors (Lipinski definition) is 0. The van der Waals surface area contributed by atoms with E-state index in [1.54, 1.807) is 25.3 Å². The van der Waals surface area contributed by atoms with Crippen LogP contribution in [0.5, 0.6) is 11.5 Å². The average Bonchev–Trinajstić information content (AvgIpc) is 3.21. The summed E-state index contributed by atoms with van der Waals surface area (Å²) in [6.45, 7) is 4.84. The van der Waals surface area contributed by atoms with Crippen molar-refractivity contribution < 1.29 is 28.5 Å². The first-order chi connectivity index (χ1) is 12.5. The van der Waals surface area contributed by atoms with E-state index in [-0.39, 0.29) is 19.2 Å². The SMILES string of the molecule is COCCn1c(C)cc(C(=O)COC(=O)c2ccc3c(c2)OCO3)c1C. The Morgan fingerprint density at radius 1 is 1.15 bits per heavy atom. The maximum atomic E-state index is 12.5. The highest BCUT2D eigenvalue weighted by Crippen LogP contribution is 2.32. The van der Waals surface area contributed by atoms with Crippen LogP contribution < -0.4 is 9.47 Å². The lowest BCUT2D eigenvalue weighted by molar-refractivity contribution is 0.0474. The summed E-state index contributed by atoms with van der Waals surface area (Å²) in [5, 5.41) is 0. The Morgan fingerprint density at radius 2 is 1.92 bits per heavy atom. The fraction of sp³-hybridized carbons (Fsp3) is 0.368. The third-order valence-electron chi connectivity index (χ3n) is 4.34. The maximum absolute atomic E-state index is 12.5. The number of nitrogens with zero attached hydrogens (tertiary/aromatic N) is 1. The number of carbonyl (C=O) groups excluding carboxylic acids is 2. The van der Waals surface area contributed by atoms with Gasteiger partial charge in [-0.1, -0.05) is 0 Å². The summed E-state index contributed by atoms with van der Waals surface area (Å²) in [5.74, 6) is 0.259. The van der Waals surface area contributed by atoms with Gasteiger partial charge in [0.2, 0.25) is 12.6 Å². The van der Waals surface area contributed by atoms with Crippen molar-refractivity contribution in [2.45, 2.75) is 20.4 Å². The van der Waals surface area contributed by atoms with Crippen molar-refractivity contribution >= 4 is 11.8 Å². The van der Waals surface area contributed by atoms with Crippen LogP contribution in [0.2, 0.25) is 0 Å². The van der Waals surface area contributed by atoms with Gasteiger partial charge >= 0.3 is 5.97 Å². The molecule has 138 valence electrons. The maximum Gasteiger partial charge on any atom is 0.338 e. The van der Waals surface area contributed by atoms with E-state index in [2.05, 4.69) is 0 Å². The molecule has 0 fully saturated rings. The Hall–Kier alpha value is -2.80. The van der Waals surface area contributed by atoms with Crippen LogP contribution in [-0.4, -0.2) is 43.4 Å². The summed E-state index contributed by atoms with van der Waals surface area (Å²) >= 11 is 0. The van der Waals surface area contributed by atoms with Crippen molar-refractivity contribution in [3.05, 3.63) is 46.8 Å². The molecule has 0 spiro atoms. The molecule has 0 unspecified atom stereocenters. The molecule has 0 amide bonds. The number of rotatable bonds is 7. The smallest absolute Gasteiger partial charge is 0.338 e. The lowest BCUT2D eigenvalue weighted by Crippen LogP contribution is -2.15. The van der Waals surface area contributed by atoms with E-state index in [0.29, 0.717) is 35.8 Å². The number of aryl methyl sites for hydroxylation is 1. The second-order valence-electron chi connectivity index (χ2n) is 6.00. The van der Waals surface area contributed by atoms with Crippen LogP contribution in [0.25, 0.3) is 0 Å². The molecule has 0 N–H and O–H groups in total. The number of esters is 1. The van der Waals surface area contributed by atoms with Gasteiger partial charge in [-0.15, -0.1) is 0 Å². The molecule has 1 aromatic carbocycles. The summed E-state index contributed by atoms with van der Waals surface area (Å²) in [5.41, 5.74) is 2.67. The molecule has 1 aliphatic heterocycles. The molecule has 0 saturated heterocycles. The molecule has 7 heteroatoms. The zero-order valence-electron chi connectivity index (χ0n) is 15.0. The van der Waals surface area contributed by atoms with E-state index >= 15 is 0 Å². The lowest BCUT2D eigenvalue weighted by atomic mass is 10.1. The molecule has 7 nitrogen and oxygen atoms in total. The number of methoxy groups -OCH3 is 1. The Labute approximate surface area is 151 Å². The summed E-state index contributed by atoms with van der Waals surface area (Å²) in [6, 6.07) is 6.58.